The van der Waals surface area contributed by atoms with Crippen LogP contribution in [0.3, 0.4) is 0 Å². The van der Waals surface area contributed by atoms with Gasteiger partial charge in [-0.3, -0.25) is 14.7 Å². The summed E-state index contributed by atoms with van der Waals surface area (Å²) >= 11 is 0. The zero-order chi connectivity index (χ0) is 27.6. The first-order valence-electron chi connectivity index (χ1n) is 13.3. The summed E-state index contributed by atoms with van der Waals surface area (Å²) in [6, 6.07) is 10.5. The number of piperidine rings is 1. The first kappa shape index (κ1) is 26.9. The average molecular weight is 538 g/mol. The van der Waals surface area contributed by atoms with E-state index in [1.165, 1.54) is 18.2 Å². The van der Waals surface area contributed by atoms with E-state index in [9.17, 15) is 14.0 Å². The molecule has 0 aliphatic carbocycles. The highest BCUT2D eigenvalue weighted by molar-refractivity contribution is 5.78. The van der Waals surface area contributed by atoms with E-state index in [1.54, 1.807) is 21.7 Å². The molecular weight excluding hydrogens is 503 g/mol. The Hall–Kier alpha value is -3.66. The molecule has 39 heavy (non-hydrogen) atoms. The van der Waals surface area contributed by atoms with Gasteiger partial charge in [0.25, 0.3) is 5.56 Å². The van der Waals surface area contributed by atoms with Gasteiger partial charge in [0.2, 0.25) is 0 Å². The van der Waals surface area contributed by atoms with Gasteiger partial charge in [-0.15, -0.1) is 0 Å². The molecule has 3 aromatic rings. The fraction of sp³-hybridized carbons (Fsp3) is 0.483. The molecule has 0 unspecified atom stereocenters. The second-order valence-corrected chi connectivity index (χ2v) is 10.9. The van der Waals surface area contributed by atoms with E-state index in [1.807, 2.05) is 26.8 Å². The largest absolute Gasteiger partial charge is 0.486 e. The van der Waals surface area contributed by atoms with Crippen LogP contribution in [0.25, 0.3) is 10.9 Å². The molecule has 9 nitrogen and oxygen atoms in total. The van der Waals surface area contributed by atoms with E-state index in [-0.39, 0.29) is 23.5 Å². The van der Waals surface area contributed by atoms with Crippen LogP contribution >= 0.6 is 0 Å². The molecule has 1 aromatic carbocycles. The van der Waals surface area contributed by atoms with Gasteiger partial charge >= 0.3 is 6.09 Å². The number of hydrogen-bond acceptors (Lipinski definition) is 7. The number of carbonyl (C=O) groups is 1. The monoisotopic (exact) mass is 537 g/mol. The molecule has 0 spiro atoms. The van der Waals surface area contributed by atoms with Gasteiger partial charge in [0.05, 0.1) is 24.0 Å². The summed E-state index contributed by atoms with van der Waals surface area (Å²) in [4.78, 5) is 34.3. The number of rotatable bonds is 6. The van der Waals surface area contributed by atoms with Gasteiger partial charge in [0.1, 0.15) is 24.6 Å². The molecule has 1 saturated heterocycles. The zero-order valence-electron chi connectivity index (χ0n) is 22.6. The number of ether oxygens (including phenoxy) is 3. The van der Waals surface area contributed by atoms with Crippen molar-refractivity contribution in [1.82, 2.24) is 19.4 Å². The zero-order valence-corrected chi connectivity index (χ0v) is 22.6. The molecule has 0 atom stereocenters. The standard InChI is InChI=1S/C29H34FN4O5/c1-29(2,3)39-28(36)34(19-22-17-25-26(18-31-22)38-15-14-37-25)23-8-10-32(11-9-23)12-13-33-24-16-21(30)6-4-20(24)5-7-27(33)35/h4,6-7,16-18,23H,8-15,19H2,1-3H3. The topological polar surface area (TPSA) is 86.1 Å². The Bertz CT molecular complexity index is 1390. The molecule has 0 bridgehead atoms. The summed E-state index contributed by atoms with van der Waals surface area (Å²) in [6.45, 7) is 9.39. The van der Waals surface area contributed by atoms with Gasteiger partial charge < -0.3 is 23.7 Å². The normalized spacial score (nSPS) is 16.3. The third-order valence-corrected chi connectivity index (χ3v) is 6.95. The Labute approximate surface area is 227 Å². The quantitative estimate of drug-likeness (QED) is 0.470. The van der Waals surface area contributed by atoms with E-state index in [0.29, 0.717) is 60.9 Å². The Morgan fingerprint density at radius 1 is 1.15 bits per heavy atom. The molecule has 5 rings (SSSR count). The van der Waals surface area contributed by atoms with Crippen molar-refractivity contribution in [3.05, 3.63) is 64.5 Å². The first-order chi connectivity index (χ1) is 18.7. The van der Waals surface area contributed by atoms with Gasteiger partial charge in [-0.1, -0.05) is 0 Å². The van der Waals surface area contributed by atoms with Crippen LogP contribution in [0.15, 0.2) is 41.3 Å². The van der Waals surface area contributed by atoms with Crippen LogP contribution in [-0.2, 0) is 17.8 Å². The number of nitrogens with zero attached hydrogens (tertiary/aromatic N) is 4. The smallest absolute Gasteiger partial charge is 0.410 e. The van der Waals surface area contributed by atoms with Crippen LogP contribution in [0.2, 0.25) is 0 Å². The number of carbonyl (C=O) groups excluding carboxylic acids is 1. The number of benzene rings is 1. The number of halogens is 1. The molecule has 10 heteroatoms. The molecule has 0 N–H and O–H groups in total. The number of hydrogen-bond donors (Lipinski definition) is 0. The predicted octanol–water partition coefficient (Wildman–Crippen LogP) is 4.01. The molecule has 2 aliphatic rings. The van der Waals surface area contributed by atoms with E-state index in [0.717, 1.165) is 25.9 Å². The number of pyridine rings is 2. The molecule has 0 saturated carbocycles. The van der Waals surface area contributed by atoms with E-state index in [2.05, 4.69) is 16.0 Å². The Morgan fingerprint density at radius 2 is 1.90 bits per heavy atom. The highest BCUT2D eigenvalue weighted by atomic mass is 19.1. The maximum atomic E-state index is 13.9. The second kappa shape index (κ2) is 11.2. The van der Waals surface area contributed by atoms with Gasteiger partial charge in [-0.2, -0.15) is 0 Å². The molecule has 2 aliphatic heterocycles. The molecule has 4 heterocycles. The summed E-state index contributed by atoms with van der Waals surface area (Å²) in [7, 11) is 0. The third kappa shape index (κ3) is 6.50. The lowest BCUT2D eigenvalue weighted by molar-refractivity contribution is 0.00529. The maximum absolute atomic E-state index is 13.9. The van der Waals surface area contributed by atoms with Crippen LogP contribution in [0.5, 0.6) is 11.5 Å². The van der Waals surface area contributed by atoms with Crippen LogP contribution in [0.4, 0.5) is 9.18 Å². The van der Waals surface area contributed by atoms with Crippen LogP contribution in [-0.4, -0.2) is 69.9 Å². The van der Waals surface area contributed by atoms with Crippen molar-refractivity contribution in [3.8, 4) is 11.5 Å². The summed E-state index contributed by atoms with van der Waals surface area (Å²) < 4.78 is 32.5. The van der Waals surface area contributed by atoms with E-state index in [4.69, 9.17) is 14.2 Å². The minimum Gasteiger partial charge on any atom is -0.486 e. The molecule has 1 amide bonds. The highest BCUT2D eigenvalue weighted by Gasteiger charge is 2.32. The number of fused-ring (bicyclic) bond motifs is 2. The summed E-state index contributed by atoms with van der Waals surface area (Å²) in [6.07, 6.45) is 2.75. The lowest BCUT2D eigenvalue weighted by Crippen LogP contribution is -2.49. The van der Waals surface area contributed by atoms with E-state index < -0.39 is 5.60 Å². The number of aromatic nitrogens is 2. The van der Waals surface area contributed by atoms with Crippen LogP contribution in [0, 0.1) is 11.9 Å². The SMILES string of the molecule is CC(C)(C)OC(=O)N(Cc1cc2c(cn1)OCCO2)C1CCN(CCn2c(=O)c[c]c3ccc(F)cc32)CC1. The average Bonchev–Trinajstić information content (AvgIpc) is 2.90. The fourth-order valence-electron chi connectivity index (χ4n) is 5.03. The Morgan fingerprint density at radius 3 is 2.64 bits per heavy atom. The lowest BCUT2D eigenvalue weighted by atomic mass is 10.0. The van der Waals surface area contributed by atoms with E-state index >= 15 is 0 Å². The minimum atomic E-state index is -0.626. The molecule has 1 fully saturated rings. The fourth-order valence-corrected chi connectivity index (χ4v) is 5.03. The van der Waals surface area contributed by atoms with Crippen LogP contribution in [0.1, 0.15) is 39.3 Å². The molecule has 1 radical (unpaired) electrons. The molecular formula is C29H34FN4O5. The first-order valence-corrected chi connectivity index (χ1v) is 13.3. The Balaban J connectivity index is 1.26. The van der Waals surface area contributed by atoms with Crippen molar-refractivity contribution in [1.29, 1.82) is 0 Å². The third-order valence-electron chi connectivity index (χ3n) is 6.95. The highest BCUT2D eigenvalue weighted by Crippen LogP contribution is 2.30. The number of likely N-dealkylation sites (tertiary alicyclic amines) is 1. The van der Waals surface area contributed by atoms with Crippen molar-refractivity contribution in [2.75, 3.05) is 32.8 Å². The van der Waals surface area contributed by atoms with Gasteiger partial charge in [0.15, 0.2) is 11.5 Å². The van der Waals surface area contributed by atoms with Crippen molar-refractivity contribution in [2.45, 2.75) is 58.3 Å². The van der Waals surface area contributed by atoms with Gasteiger partial charge in [0, 0.05) is 49.7 Å². The van der Waals surface area contributed by atoms with Gasteiger partial charge in [-0.05, 0) is 57.9 Å². The predicted molar refractivity (Wildman–Crippen MR) is 143 cm³/mol. The van der Waals surface area contributed by atoms with Crippen LogP contribution < -0.4 is 15.0 Å². The summed E-state index contributed by atoms with van der Waals surface area (Å²) in [5, 5.41) is 0.704. The van der Waals surface area contributed by atoms with Crippen molar-refractivity contribution < 1.29 is 23.4 Å². The maximum Gasteiger partial charge on any atom is 0.410 e. The minimum absolute atomic E-state index is 0.0323. The van der Waals surface area contributed by atoms with Gasteiger partial charge in [-0.25, -0.2) is 9.18 Å². The lowest BCUT2D eigenvalue weighted by Gasteiger charge is -2.39. The number of amides is 1. The summed E-state index contributed by atoms with van der Waals surface area (Å²) in [5.41, 5.74) is 0.414. The Kier molecular flexibility index (Phi) is 7.74. The van der Waals surface area contributed by atoms with Crippen molar-refractivity contribution in [3.63, 3.8) is 0 Å². The second-order valence-electron chi connectivity index (χ2n) is 10.9. The summed E-state index contributed by atoms with van der Waals surface area (Å²) in [5.74, 6) is 0.852. The molecule has 2 aromatic heterocycles. The van der Waals surface area contributed by atoms with Crippen molar-refractivity contribution in [2.24, 2.45) is 0 Å². The van der Waals surface area contributed by atoms with Crippen molar-refractivity contribution >= 4 is 17.0 Å². The molecule has 207 valence electrons.